The highest BCUT2D eigenvalue weighted by Crippen LogP contribution is 2.29. The Morgan fingerprint density at radius 2 is 1.81 bits per heavy atom. The molecule has 4 rings (SSSR count). The summed E-state index contributed by atoms with van der Waals surface area (Å²) in [6.07, 6.45) is 0. The number of hydrogen-bond donors (Lipinski definition) is 0. The van der Waals surface area contributed by atoms with E-state index in [1.807, 2.05) is 30.3 Å². The molecule has 0 spiro atoms. The van der Waals surface area contributed by atoms with Crippen LogP contribution in [0.4, 0.5) is 8.78 Å². The summed E-state index contributed by atoms with van der Waals surface area (Å²) in [6, 6.07) is 18.5. The quantitative estimate of drug-likeness (QED) is 0.337. The van der Waals surface area contributed by atoms with Crippen molar-refractivity contribution in [2.45, 2.75) is 20.1 Å². The van der Waals surface area contributed by atoms with Gasteiger partial charge in [-0.3, -0.25) is 4.79 Å². The molecule has 0 radical (unpaired) electrons. The van der Waals surface area contributed by atoms with Crippen molar-refractivity contribution in [2.75, 3.05) is 0 Å². The van der Waals surface area contributed by atoms with E-state index in [4.69, 9.17) is 20.8 Å². The van der Waals surface area contributed by atoms with Crippen LogP contribution in [0.3, 0.4) is 0 Å². The summed E-state index contributed by atoms with van der Waals surface area (Å²) in [5.74, 6) is 0.879. The van der Waals surface area contributed by atoms with Gasteiger partial charge in [-0.05, 0) is 42.8 Å². The monoisotopic (exact) mass is 442 g/mol. The Morgan fingerprint density at radius 1 is 1.03 bits per heavy atom. The van der Waals surface area contributed by atoms with Gasteiger partial charge >= 0.3 is 6.61 Å². The summed E-state index contributed by atoms with van der Waals surface area (Å²) < 4.78 is 41.4. The maximum absolute atomic E-state index is 13.0. The molecule has 0 atom stereocenters. The summed E-state index contributed by atoms with van der Waals surface area (Å²) in [4.78, 5) is 13.0. The molecule has 1 heterocycles. The topological polar surface area (TPSA) is 48.7 Å². The fourth-order valence-electron chi connectivity index (χ4n) is 3.35. The number of benzene rings is 3. The lowest BCUT2D eigenvalue weighted by Crippen LogP contribution is -2.08. The van der Waals surface area contributed by atoms with Crippen molar-refractivity contribution in [1.29, 1.82) is 0 Å². The van der Waals surface area contributed by atoms with Gasteiger partial charge in [0.15, 0.2) is 0 Å². The highest BCUT2D eigenvalue weighted by molar-refractivity contribution is 6.30. The van der Waals surface area contributed by atoms with Crippen LogP contribution in [0, 0.1) is 6.92 Å². The molecule has 1 aromatic heterocycles. The minimum atomic E-state index is -2.96. The lowest BCUT2D eigenvalue weighted by atomic mass is 10.0. The van der Waals surface area contributed by atoms with Crippen molar-refractivity contribution in [3.8, 4) is 22.6 Å². The van der Waals surface area contributed by atoms with E-state index in [0.717, 1.165) is 5.56 Å². The standard InChI is InChI=1S/C24H17ClF2O4/c1-14-22(15-5-3-2-4-6-15)23(28)19-9-8-18(12-21(19)30-14)29-13-16-11-17(25)7-10-20(16)31-24(26)27/h2-12,24H,13H2,1H3. The predicted octanol–water partition coefficient (Wildman–Crippen LogP) is 6.60. The molecule has 4 aromatic rings. The van der Waals surface area contributed by atoms with Crippen molar-refractivity contribution in [3.05, 3.63) is 93.3 Å². The van der Waals surface area contributed by atoms with Gasteiger partial charge in [0.05, 0.1) is 10.9 Å². The van der Waals surface area contributed by atoms with Gasteiger partial charge in [0.25, 0.3) is 0 Å². The molecule has 31 heavy (non-hydrogen) atoms. The molecule has 7 heteroatoms. The van der Waals surface area contributed by atoms with Gasteiger partial charge in [0.2, 0.25) is 5.43 Å². The smallest absolute Gasteiger partial charge is 0.387 e. The second-order valence-electron chi connectivity index (χ2n) is 6.81. The number of hydrogen-bond acceptors (Lipinski definition) is 4. The Labute approximate surface area is 181 Å². The first-order chi connectivity index (χ1) is 14.9. The zero-order valence-corrected chi connectivity index (χ0v) is 17.2. The summed E-state index contributed by atoms with van der Waals surface area (Å²) in [5.41, 5.74) is 1.89. The SMILES string of the molecule is Cc1oc2cc(OCc3cc(Cl)ccc3OC(F)F)ccc2c(=O)c1-c1ccccc1. The van der Waals surface area contributed by atoms with Crippen molar-refractivity contribution in [3.63, 3.8) is 0 Å². The van der Waals surface area contributed by atoms with Crippen molar-refractivity contribution in [2.24, 2.45) is 0 Å². The largest absolute Gasteiger partial charge is 0.489 e. The minimum Gasteiger partial charge on any atom is -0.489 e. The first kappa shape index (κ1) is 20.9. The van der Waals surface area contributed by atoms with E-state index in [9.17, 15) is 13.6 Å². The van der Waals surface area contributed by atoms with Crippen LogP contribution in [0.25, 0.3) is 22.1 Å². The van der Waals surface area contributed by atoms with E-state index in [0.29, 0.717) is 38.6 Å². The van der Waals surface area contributed by atoms with E-state index in [-0.39, 0.29) is 17.8 Å². The molecule has 0 unspecified atom stereocenters. The maximum atomic E-state index is 13.0. The first-order valence-electron chi connectivity index (χ1n) is 9.41. The second-order valence-corrected chi connectivity index (χ2v) is 7.24. The van der Waals surface area contributed by atoms with E-state index < -0.39 is 6.61 Å². The summed E-state index contributed by atoms with van der Waals surface area (Å²) in [7, 11) is 0. The zero-order valence-electron chi connectivity index (χ0n) is 16.4. The molecule has 0 fully saturated rings. The maximum Gasteiger partial charge on any atom is 0.387 e. The first-order valence-corrected chi connectivity index (χ1v) is 9.79. The molecule has 4 nitrogen and oxygen atoms in total. The summed E-state index contributed by atoms with van der Waals surface area (Å²) in [5, 5.41) is 0.787. The van der Waals surface area contributed by atoms with Crippen molar-refractivity contribution >= 4 is 22.6 Å². The number of ether oxygens (including phenoxy) is 2. The molecular weight excluding hydrogens is 426 g/mol. The molecule has 158 valence electrons. The number of aryl methyl sites for hydroxylation is 1. The molecule has 0 amide bonds. The zero-order chi connectivity index (χ0) is 22.0. The van der Waals surface area contributed by atoms with E-state index >= 15 is 0 Å². The van der Waals surface area contributed by atoms with Crippen LogP contribution in [0.1, 0.15) is 11.3 Å². The number of alkyl halides is 2. The number of rotatable bonds is 6. The molecule has 0 bridgehead atoms. The Kier molecular flexibility index (Phi) is 5.91. The highest BCUT2D eigenvalue weighted by atomic mass is 35.5. The van der Waals surface area contributed by atoms with Gasteiger partial charge < -0.3 is 13.9 Å². The fraction of sp³-hybridized carbons (Fsp3) is 0.125. The van der Waals surface area contributed by atoms with Crippen LogP contribution in [0.5, 0.6) is 11.5 Å². The third-order valence-corrected chi connectivity index (χ3v) is 4.97. The summed E-state index contributed by atoms with van der Waals surface area (Å²) >= 11 is 5.97. The van der Waals surface area contributed by atoms with Gasteiger partial charge in [0, 0.05) is 16.7 Å². The number of halogens is 3. The minimum absolute atomic E-state index is 0.0185. The van der Waals surface area contributed by atoms with Crippen molar-refractivity contribution in [1.82, 2.24) is 0 Å². The Hall–Kier alpha value is -3.38. The normalized spacial score (nSPS) is 11.1. The van der Waals surface area contributed by atoms with E-state index in [2.05, 4.69) is 4.74 Å². The average Bonchev–Trinajstić information content (AvgIpc) is 2.74. The third kappa shape index (κ3) is 4.54. The molecule has 0 aliphatic heterocycles. The molecule has 0 saturated heterocycles. The number of fused-ring (bicyclic) bond motifs is 1. The van der Waals surface area contributed by atoms with Crippen LogP contribution in [0.15, 0.2) is 75.9 Å². The Bertz CT molecular complexity index is 1290. The predicted molar refractivity (Wildman–Crippen MR) is 115 cm³/mol. The van der Waals surface area contributed by atoms with Crippen LogP contribution in [0.2, 0.25) is 5.02 Å². The van der Waals surface area contributed by atoms with Crippen LogP contribution in [-0.2, 0) is 6.61 Å². The fourth-order valence-corrected chi connectivity index (χ4v) is 3.54. The molecule has 0 saturated carbocycles. The van der Waals surface area contributed by atoms with Crippen LogP contribution < -0.4 is 14.9 Å². The Balaban J connectivity index is 1.64. The average molecular weight is 443 g/mol. The van der Waals surface area contributed by atoms with Gasteiger partial charge in [-0.2, -0.15) is 8.78 Å². The molecule has 0 aliphatic rings. The third-order valence-electron chi connectivity index (χ3n) is 4.74. The van der Waals surface area contributed by atoms with Crippen LogP contribution in [-0.4, -0.2) is 6.61 Å². The van der Waals surface area contributed by atoms with Gasteiger partial charge in [-0.15, -0.1) is 0 Å². The second kappa shape index (κ2) is 8.78. The van der Waals surface area contributed by atoms with E-state index in [1.54, 1.807) is 25.1 Å². The van der Waals surface area contributed by atoms with Gasteiger partial charge in [-0.25, -0.2) is 0 Å². The van der Waals surface area contributed by atoms with Gasteiger partial charge in [-0.1, -0.05) is 41.9 Å². The van der Waals surface area contributed by atoms with E-state index in [1.165, 1.54) is 18.2 Å². The van der Waals surface area contributed by atoms with Crippen LogP contribution >= 0.6 is 11.6 Å². The highest BCUT2D eigenvalue weighted by Gasteiger charge is 2.15. The molecule has 0 N–H and O–H groups in total. The molecule has 3 aromatic carbocycles. The van der Waals surface area contributed by atoms with Gasteiger partial charge in [0.1, 0.15) is 29.4 Å². The molecule has 0 aliphatic carbocycles. The summed E-state index contributed by atoms with van der Waals surface area (Å²) in [6.45, 7) is -1.28. The lowest BCUT2D eigenvalue weighted by Gasteiger charge is -2.13. The molecular formula is C24H17ClF2O4. The van der Waals surface area contributed by atoms with Crippen molar-refractivity contribution < 1.29 is 22.7 Å². The lowest BCUT2D eigenvalue weighted by molar-refractivity contribution is -0.0508. The Morgan fingerprint density at radius 3 is 2.55 bits per heavy atom.